The SMILES string of the molecule is CC(=O)N(c1nc(CSc2ncc(-c3ccc(F)cc3)[nH]2)cs1)c1ccccc1F. The lowest BCUT2D eigenvalue weighted by atomic mass is 10.2. The van der Waals surface area contributed by atoms with Crippen molar-refractivity contribution in [3.05, 3.63) is 77.4 Å². The number of anilines is 2. The highest BCUT2D eigenvalue weighted by Gasteiger charge is 2.21. The zero-order valence-electron chi connectivity index (χ0n) is 15.8. The fourth-order valence-corrected chi connectivity index (χ4v) is 4.53. The number of hydrogen-bond donors (Lipinski definition) is 1. The average molecular weight is 443 g/mol. The second-order valence-electron chi connectivity index (χ2n) is 6.32. The molecular weight excluding hydrogens is 426 g/mol. The van der Waals surface area contributed by atoms with Crippen molar-refractivity contribution in [3.8, 4) is 11.3 Å². The van der Waals surface area contributed by atoms with Crippen molar-refractivity contribution in [1.29, 1.82) is 0 Å². The van der Waals surface area contributed by atoms with Crippen LogP contribution in [0.5, 0.6) is 0 Å². The Morgan fingerprint density at radius 3 is 2.67 bits per heavy atom. The minimum atomic E-state index is -0.484. The molecule has 1 N–H and O–H groups in total. The first-order valence-electron chi connectivity index (χ1n) is 8.94. The summed E-state index contributed by atoms with van der Waals surface area (Å²) >= 11 is 2.73. The quantitative estimate of drug-likeness (QED) is 0.384. The molecule has 0 bridgehead atoms. The first-order chi connectivity index (χ1) is 14.5. The van der Waals surface area contributed by atoms with E-state index in [1.165, 1.54) is 53.1 Å². The summed E-state index contributed by atoms with van der Waals surface area (Å²) in [6.07, 6.45) is 1.69. The van der Waals surface area contributed by atoms with Crippen LogP contribution in [0.1, 0.15) is 12.6 Å². The number of thiazole rings is 1. The zero-order chi connectivity index (χ0) is 21.1. The molecular formula is C21H16F2N4OS2. The molecule has 0 aliphatic carbocycles. The lowest BCUT2D eigenvalue weighted by molar-refractivity contribution is -0.115. The summed E-state index contributed by atoms with van der Waals surface area (Å²) in [4.78, 5) is 25.4. The van der Waals surface area contributed by atoms with Crippen LogP contribution in [0.3, 0.4) is 0 Å². The van der Waals surface area contributed by atoms with Gasteiger partial charge in [0.1, 0.15) is 11.6 Å². The third-order valence-electron chi connectivity index (χ3n) is 4.20. The monoisotopic (exact) mass is 442 g/mol. The van der Waals surface area contributed by atoms with Crippen LogP contribution in [-0.2, 0) is 10.5 Å². The molecule has 0 saturated heterocycles. The predicted molar refractivity (Wildman–Crippen MR) is 115 cm³/mol. The highest BCUT2D eigenvalue weighted by Crippen LogP contribution is 2.32. The molecule has 2 heterocycles. The number of aromatic amines is 1. The van der Waals surface area contributed by atoms with Gasteiger partial charge in [0.2, 0.25) is 5.91 Å². The van der Waals surface area contributed by atoms with Crippen LogP contribution in [0.15, 0.2) is 65.3 Å². The Morgan fingerprint density at radius 2 is 1.93 bits per heavy atom. The van der Waals surface area contributed by atoms with Gasteiger partial charge in [0, 0.05) is 18.1 Å². The number of imidazole rings is 1. The van der Waals surface area contributed by atoms with Crippen molar-refractivity contribution in [2.24, 2.45) is 0 Å². The molecule has 2 aromatic heterocycles. The molecule has 9 heteroatoms. The second kappa shape index (κ2) is 8.76. The second-order valence-corrected chi connectivity index (χ2v) is 8.13. The number of nitrogens with zero attached hydrogens (tertiary/aromatic N) is 3. The number of thioether (sulfide) groups is 1. The Labute approximate surface area is 179 Å². The van der Waals surface area contributed by atoms with Crippen molar-refractivity contribution in [2.45, 2.75) is 17.8 Å². The summed E-state index contributed by atoms with van der Waals surface area (Å²) in [5.74, 6) is -0.566. The van der Waals surface area contributed by atoms with Crippen LogP contribution in [-0.4, -0.2) is 20.9 Å². The molecule has 152 valence electrons. The number of para-hydroxylation sites is 1. The van der Waals surface area contributed by atoms with Crippen LogP contribution in [0, 0.1) is 11.6 Å². The van der Waals surface area contributed by atoms with E-state index in [1.807, 2.05) is 5.38 Å². The summed E-state index contributed by atoms with van der Waals surface area (Å²) in [6.45, 7) is 1.38. The van der Waals surface area contributed by atoms with Gasteiger partial charge in [-0.15, -0.1) is 11.3 Å². The van der Waals surface area contributed by atoms with E-state index in [0.29, 0.717) is 16.0 Å². The smallest absolute Gasteiger partial charge is 0.230 e. The number of halogens is 2. The first-order valence-corrected chi connectivity index (χ1v) is 10.8. The normalized spacial score (nSPS) is 10.9. The Morgan fingerprint density at radius 1 is 1.17 bits per heavy atom. The number of carbonyl (C=O) groups excluding carboxylic acids is 1. The van der Waals surface area contributed by atoms with Crippen molar-refractivity contribution < 1.29 is 13.6 Å². The Hall–Kier alpha value is -3.04. The number of nitrogens with one attached hydrogen (secondary N) is 1. The molecule has 0 saturated carbocycles. The van der Waals surface area contributed by atoms with Crippen LogP contribution in [0.4, 0.5) is 19.6 Å². The number of benzene rings is 2. The summed E-state index contributed by atoms with van der Waals surface area (Å²) in [5.41, 5.74) is 2.56. The number of amides is 1. The Bertz CT molecular complexity index is 1170. The van der Waals surface area contributed by atoms with Gasteiger partial charge in [-0.1, -0.05) is 23.9 Å². The lowest BCUT2D eigenvalue weighted by Crippen LogP contribution is -2.23. The minimum Gasteiger partial charge on any atom is -0.333 e. The molecule has 0 aliphatic heterocycles. The van der Waals surface area contributed by atoms with Gasteiger partial charge in [-0.2, -0.15) is 0 Å². The predicted octanol–water partition coefficient (Wildman–Crippen LogP) is 5.79. The van der Waals surface area contributed by atoms with Crippen molar-refractivity contribution >= 4 is 39.8 Å². The molecule has 4 rings (SSSR count). The number of hydrogen-bond acceptors (Lipinski definition) is 5. The van der Waals surface area contributed by atoms with Gasteiger partial charge in [0.05, 0.1) is 23.3 Å². The van der Waals surface area contributed by atoms with E-state index < -0.39 is 5.82 Å². The molecule has 0 aliphatic rings. The van der Waals surface area contributed by atoms with E-state index in [0.717, 1.165) is 17.0 Å². The fraction of sp³-hybridized carbons (Fsp3) is 0.0952. The standard InChI is InChI=1S/C21H16F2N4OS2/c1-13(28)27(19-5-3-2-4-17(19)23)21-25-16(12-30-21)11-29-20-24-10-18(26-20)14-6-8-15(22)9-7-14/h2-10,12H,11H2,1H3,(H,24,26). The number of H-pyrrole nitrogens is 1. The minimum absolute atomic E-state index is 0.175. The molecule has 4 aromatic rings. The topological polar surface area (TPSA) is 61.9 Å². The van der Waals surface area contributed by atoms with Crippen molar-refractivity contribution in [1.82, 2.24) is 15.0 Å². The van der Waals surface area contributed by atoms with Crippen molar-refractivity contribution in [2.75, 3.05) is 4.90 Å². The molecule has 0 fully saturated rings. The van der Waals surface area contributed by atoms with E-state index in [9.17, 15) is 13.6 Å². The molecule has 0 spiro atoms. The molecule has 1 amide bonds. The molecule has 2 aromatic carbocycles. The summed E-state index contributed by atoms with van der Waals surface area (Å²) in [7, 11) is 0. The van der Waals surface area contributed by atoms with Crippen LogP contribution >= 0.6 is 23.1 Å². The molecule has 5 nitrogen and oxygen atoms in total. The van der Waals surface area contributed by atoms with Gasteiger partial charge in [0.15, 0.2) is 10.3 Å². The summed E-state index contributed by atoms with van der Waals surface area (Å²) in [5, 5.41) is 2.94. The van der Waals surface area contributed by atoms with Gasteiger partial charge in [-0.05, 0) is 42.0 Å². The number of aromatic nitrogens is 3. The maximum atomic E-state index is 14.2. The van der Waals surface area contributed by atoms with E-state index in [4.69, 9.17) is 0 Å². The third-order valence-corrected chi connectivity index (χ3v) is 6.00. The van der Waals surface area contributed by atoms with E-state index in [-0.39, 0.29) is 17.4 Å². The molecule has 0 unspecified atom stereocenters. The van der Waals surface area contributed by atoms with Crippen LogP contribution in [0.2, 0.25) is 0 Å². The van der Waals surface area contributed by atoms with Gasteiger partial charge in [-0.3, -0.25) is 9.69 Å². The van der Waals surface area contributed by atoms with Gasteiger partial charge >= 0.3 is 0 Å². The maximum Gasteiger partial charge on any atom is 0.230 e. The maximum absolute atomic E-state index is 14.2. The van der Waals surface area contributed by atoms with E-state index in [1.54, 1.807) is 36.5 Å². The highest BCUT2D eigenvalue weighted by molar-refractivity contribution is 7.98. The largest absolute Gasteiger partial charge is 0.333 e. The Kier molecular flexibility index (Phi) is 5.91. The number of carbonyl (C=O) groups is 1. The number of rotatable bonds is 6. The van der Waals surface area contributed by atoms with E-state index in [2.05, 4.69) is 15.0 Å². The Balaban J connectivity index is 1.47. The van der Waals surface area contributed by atoms with Crippen LogP contribution < -0.4 is 4.90 Å². The summed E-state index contributed by atoms with van der Waals surface area (Å²) in [6, 6.07) is 12.3. The van der Waals surface area contributed by atoms with Crippen molar-refractivity contribution in [3.63, 3.8) is 0 Å². The molecule has 0 atom stereocenters. The average Bonchev–Trinajstić information content (AvgIpc) is 3.38. The highest BCUT2D eigenvalue weighted by atomic mass is 32.2. The summed E-state index contributed by atoms with van der Waals surface area (Å²) < 4.78 is 27.2. The third kappa shape index (κ3) is 4.42. The lowest BCUT2D eigenvalue weighted by Gasteiger charge is -2.18. The first kappa shape index (κ1) is 20.2. The van der Waals surface area contributed by atoms with Gasteiger partial charge < -0.3 is 4.98 Å². The van der Waals surface area contributed by atoms with E-state index >= 15 is 0 Å². The molecule has 0 radical (unpaired) electrons. The fourth-order valence-electron chi connectivity index (χ4n) is 2.80. The van der Waals surface area contributed by atoms with Gasteiger partial charge in [0.25, 0.3) is 0 Å². The zero-order valence-corrected chi connectivity index (χ0v) is 17.4. The van der Waals surface area contributed by atoms with Crippen LogP contribution in [0.25, 0.3) is 11.3 Å². The van der Waals surface area contributed by atoms with Gasteiger partial charge in [-0.25, -0.2) is 18.7 Å². The molecule has 30 heavy (non-hydrogen) atoms.